The summed E-state index contributed by atoms with van der Waals surface area (Å²) in [5.74, 6) is 0. The lowest BCUT2D eigenvalue weighted by atomic mass is 10.1. The molecule has 1 unspecified atom stereocenters. The second kappa shape index (κ2) is 14.7. The van der Waals surface area contributed by atoms with Crippen LogP contribution in [-0.2, 0) is 18.1 Å². The SMILES string of the molecule is CCO[Si](CCCCCCCCCCC1C=CON1)(OCC)OCC. The van der Waals surface area contributed by atoms with E-state index in [0.717, 1.165) is 12.5 Å². The van der Waals surface area contributed by atoms with E-state index in [4.69, 9.17) is 18.1 Å². The van der Waals surface area contributed by atoms with Crippen LogP contribution in [0.1, 0.15) is 78.6 Å². The van der Waals surface area contributed by atoms with Gasteiger partial charge in [-0.05, 0) is 39.7 Å². The van der Waals surface area contributed by atoms with Crippen molar-refractivity contribution in [3.05, 3.63) is 12.3 Å². The first-order valence-electron chi connectivity index (χ1n) is 10.3. The number of rotatable bonds is 17. The third-order valence-electron chi connectivity index (χ3n) is 4.44. The quantitative estimate of drug-likeness (QED) is 0.288. The van der Waals surface area contributed by atoms with Crippen LogP contribution in [0.2, 0.25) is 6.04 Å². The topological polar surface area (TPSA) is 49.0 Å². The minimum Gasteiger partial charge on any atom is -0.416 e. The number of hydroxylamine groups is 1. The van der Waals surface area contributed by atoms with Crippen molar-refractivity contribution in [3.63, 3.8) is 0 Å². The van der Waals surface area contributed by atoms with E-state index in [-0.39, 0.29) is 0 Å². The summed E-state index contributed by atoms with van der Waals surface area (Å²) >= 11 is 0. The molecule has 0 fully saturated rings. The zero-order chi connectivity index (χ0) is 18.2. The maximum absolute atomic E-state index is 5.90. The van der Waals surface area contributed by atoms with E-state index in [2.05, 4.69) is 11.6 Å². The molecule has 0 saturated carbocycles. The molecule has 0 aromatic heterocycles. The molecule has 0 saturated heterocycles. The molecule has 0 bridgehead atoms. The summed E-state index contributed by atoms with van der Waals surface area (Å²) in [5, 5.41) is 0. The third kappa shape index (κ3) is 10.4. The lowest BCUT2D eigenvalue weighted by Crippen LogP contribution is -2.45. The van der Waals surface area contributed by atoms with Gasteiger partial charge in [-0.1, -0.05) is 44.9 Å². The molecule has 0 aromatic rings. The van der Waals surface area contributed by atoms with Gasteiger partial charge in [0.05, 0.1) is 6.04 Å². The van der Waals surface area contributed by atoms with Gasteiger partial charge in [-0.25, -0.2) is 0 Å². The Morgan fingerprint density at radius 1 is 0.800 bits per heavy atom. The van der Waals surface area contributed by atoms with Gasteiger partial charge in [0.15, 0.2) is 0 Å². The highest BCUT2D eigenvalue weighted by Crippen LogP contribution is 2.21. The van der Waals surface area contributed by atoms with Crippen molar-refractivity contribution in [2.75, 3.05) is 19.8 Å². The standard InChI is InChI=1S/C19H39NO4Si/c1-4-22-25(23-5-2,24-6-3)18-14-12-10-8-7-9-11-13-15-19-16-17-21-20-19/h16-17,19-20H,4-15,18H2,1-3H3. The molecule has 1 rings (SSSR count). The molecule has 148 valence electrons. The molecule has 1 aliphatic rings. The van der Waals surface area contributed by atoms with Crippen LogP contribution in [0.25, 0.3) is 0 Å². The van der Waals surface area contributed by atoms with E-state index >= 15 is 0 Å². The molecule has 0 aliphatic carbocycles. The molecule has 1 atom stereocenters. The highest BCUT2D eigenvalue weighted by molar-refractivity contribution is 6.60. The zero-order valence-corrected chi connectivity index (χ0v) is 17.6. The van der Waals surface area contributed by atoms with E-state index in [0.29, 0.717) is 25.9 Å². The summed E-state index contributed by atoms with van der Waals surface area (Å²) in [6, 6.07) is 1.37. The Hall–Kier alpha value is -0.403. The highest BCUT2D eigenvalue weighted by atomic mass is 28.4. The average Bonchev–Trinajstić information content (AvgIpc) is 3.11. The predicted molar refractivity (Wildman–Crippen MR) is 104 cm³/mol. The van der Waals surface area contributed by atoms with Crippen LogP contribution in [0, 0.1) is 0 Å². The van der Waals surface area contributed by atoms with E-state index < -0.39 is 8.80 Å². The molecule has 0 amide bonds. The Balaban J connectivity index is 1.98. The number of nitrogens with one attached hydrogen (secondary N) is 1. The summed E-state index contributed by atoms with van der Waals surface area (Å²) in [4.78, 5) is 5.01. The Kier molecular flexibility index (Phi) is 13.3. The first kappa shape index (κ1) is 22.6. The van der Waals surface area contributed by atoms with Gasteiger partial charge in [-0.2, -0.15) is 5.48 Å². The van der Waals surface area contributed by atoms with E-state index in [9.17, 15) is 0 Å². The van der Waals surface area contributed by atoms with Crippen LogP contribution in [0.15, 0.2) is 12.3 Å². The predicted octanol–water partition coefficient (Wildman–Crippen LogP) is 4.96. The van der Waals surface area contributed by atoms with Crippen molar-refractivity contribution < 1.29 is 18.1 Å². The molecular formula is C19H39NO4Si. The number of hydrogen-bond acceptors (Lipinski definition) is 5. The molecule has 1 heterocycles. The van der Waals surface area contributed by atoms with Crippen molar-refractivity contribution in [2.24, 2.45) is 0 Å². The maximum Gasteiger partial charge on any atom is 0.500 e. The first-order valence-corrected chi connectivity index (χ1v) is 12.2. The molecule has 6 heteroatoms. The summed E-state index contributed by atoms with van der Waals surface area (Å²) in [6.45, 7) is 8.07. The van der Waals surface area contributed by atoms with Gasteiger partial charge in [0.2, 0.25) is 0 Å². The molecule has 0 spiro atoms. The molecule has 25 heavy (non-hydrogen) atoms. The fraction of sp³-hybridized carbons (Fsp3) is 0.895. The van der Waals surface area contributed by atoms with Crippen molar-refractivity contribution in [3.8, 4) is 0 Å². The fourth-order valence-electron chi connectivity index (χ4n) is 3.22. The van der Waals surface area contributed by atoms with Crippen LogP contribution in [0.3, 0.4) is 0 Å². The monoisotopic (exact) mass is 373 g/mol. The van der Waals surface area contributed by atoms with E-state index in [1.807, 2.05) is 20.8 Å². The molecule has 0 radical (unpaired) electrons. The van der Waals surface area contributed by atoms with Crippen LogP contribution in [0.4, 0.5) is 0 Å². The minimum atomic E-state index is -2.42. The highest BCUT2D eigenvalue weighted by Gasteiger charge is 2.39. The minimum absolute atomic E-state index is 0.422. The lowest BCUT2D eigenvalue weighted by Gasteiger charge is -2.28. The van der Waals surface area contributed by atoms with Crippen LogP contribution in [0.5, 0.6) is 0 Å². The lowest BCUT2D eigenvalue weighted by molar-refractivity contribution is 0.0706. The van der Waals surface area contributed by atoms with Gasteiger partial charge in [-0.3, -0.25) is 0 Å². The third-order valence-corrected chi connectivity index (χ3v) is 7.59. The van der Waals surface area contributed by atoms with Crippen molar-refractivity contribution in [1.82, 2.24) is 5.48 Å². The van der Waals surface area contributed by atoms with Gasteiger partial charge in [0.1, 0.15) is 6.26 Å². The summed E-state index contributed by atoms with van der Waals surface area (Å²) in [7, 11) is -2.42. The van der Waals surface area contributed by atoms with E-state index in [1.54, 1.807) is 6.26 Å². The van der Waals surface area contributed by atoms with Gasteiger partial charge in [0.25, 0.3) is 0 Å². The summed E-state index contributed by atoms with van der Waals surface area (Å²) < 4.78 is 17.7. The van der Waals surface area contributed by atoms with Gasteiger partial charge < -0.3 is 18.1 Å². The summed E-state index contributed by atoms with van der Waals surface area (Å²) in [6.07, 6.45) is 15.3. The smallest absolute Gasteiger partial charge is 0.416 e. The molecular weight excluding hydrogens is 334 g/mol. The van der Waals surface area contributed by atoms with Crippen molar-refractivity contribution in [2.45, 2.75) is 90.6 Å². The first-order chi connectivity index (χ1) is 12.3. The molecule has 1 N–H and O–H groups in total. The average molecular weight is 374 g/mol. The number of hydrogen-bond donors (Lipinski definition) is 1. The fourth-order valence-corrected chi connectivity index (χ4v) is 5.91. The largest absolute Gasteiger partial charge is 0.500 e. The molecule has 1 aliphatic heterocycles. The van der Waals surface area contributed by atoms with Crippen molar-refractivity contribution in [1.29, 1.82) is 0 Å². The Labute approximate surface area is 155 Å². The second-order valence-corrected chi connectivity index (χ2v) is 9.25. The Morgan fingerprint density at radius 3 is 1.80 bits per heavy atom. The Bertz CT molecular complexity index is 324. The summed E-state index contributed by atoms with van der Waals surface area (Å²) in [5.41, 5.74) is 2.98. The molecule has 5 nitrogen and oxygen atoms in total. The normalized spacial score (nSPS) is 17.2. The maximum atomic E-state index is 5.90. The van der Waals surface area contributed by atoms with Gasteiger partial charge in [-0.15, -0.1) is 0 Å². The van der Waals surface area contributed by atoms with Crippen LogP contribution < -0.4 is 5.48 Å². The van der Waals surface area contributed by atoms with E-state index in [1.165, 1.54) is 51.4 Å². The Morgan fingerprint density at radius 2 is 1.32 bits per heavy atom. The van der Waals surface area contributed by atoms with Gasteiger partial charge in [0, 0.05) is 25.9 Å². The second-order valence-electron chi connectivity index (χ2n) is 6.52. The van der Waals surface area contributed by atoms with Crippen LogP contribution >= 0.6 is 0 Å². The van der Waals surface area contributed by atoms with Crippen LogP contribution in [-0.4, -0.2) is 34.7 Å². The zero-order valence-electron chi connectivity index (χ0n) is 16.6. The number of unbranched alkanes of at least 4 members (excludes halogenated alkanes) is 7. The van der Waals surface area contributed by atoms with Gasteiger partial charge >= 0.3 is 8.80 Å². The molecule has 0 aromatic carbocycles. The van der Waals surface area contributed by atoms with Crippen molar-refractivity contribution >= 4 is 8.80 Å².